The van der Waals surface area contributed by atoms with Crippen LogP contribution >= 0.6 is 0 Å². The van der Waals surface area contributed by atoms with Crippen LogP contribution in [0.25, 0.3) is 117 Å². The minimum Gasteiger partial charge on any atom is -0.278 e. The number of nitrogens with zero attached hydrogens (tertiary/aromatic N) is 6. The van der Waals surface area contributed by atoms with Gasteiger partial charge in [-0.2, -0.15) is 15.0 Å². The van der Waals surface area contributed by atoms with E-state index in [2.05, 4.69) is 235 Å². The predicted octanol–water partition coefficient (Wildman–Crippen LogP) is 11.6. The second-order valence-corrected chi connectivity index (χ2v) is 35.0. The van der Waals surface area contributed by atoms with Crippen LogP contribution in [-0.4, -0.2) is 52.9 Å². The Hall–Kier alpha value is -7.96. The van der Waals surface area contributed by atoms with E-state index in [1.54, 1.807) is 0 Å². The Morgan fingerprint density at radius 2 is 0.514 bits per heavy atom. The molecule has 0 saturated heterocycles. The lowest BCUT2D eigenvalue weighted by Gasteiger charge is -2.20. The van der Waals surface area contributed by atoms with Crippen molar-refractivity contribution >= 4 is 121 Å². The van der Waals surface area contributed by atoms with Crippen molar-refractivity contribution < 1.29 is 0 Å². The number of hydrogen-bond acceptors (Lipinski definition) is 3. The Balaban J connectivity index is 1.04. The van der Waals surface area contributed by atoms with E-state index in [0.717, 1.165) is 33.1 Å². The van der Waals surface area contributed by atoms with Crippen LogP contribution in [0.2, 0.25) is 39.3 Å². The van der Waals surface area contributed by atoms with E-state index in [1.807, 2.05) is 0 Å². The van der Waals surface area contributed by atoms with Gasteiger partial charge in [0, 0.05) is 32.3 Å². The molecule has 0 radical (unpaired) electrons. The first-order valence-corrected chi connectivity index (χ1v) is 34.3. The van der Waals surface area contributed by atoms with Gasteiger partial charge in [0.2, 0.25) is 17.8 Å². The van der Waals surface area contributed by atoms with Gasteiger partial charge in [-0.15, -0.1) is 0 Å². The Morgan fingerprint density at radius 3 is 0.819 bits per heavy atom. The first-order chi connectivity index (χ1) is 35.0. The molecule has 16 rings (SSSR count). The summed E-state index contributed by atoms with van der Waals surface area (Å²) in [6.45, 7) is 15.0. The molecule has 0 atom stereocenters. The van der Waals surface area contributed by atoms with Crippen LogP contribution in [0, 0.1) is 0 Å². The fourth-order valence-electron chi connectivity index (χ4n) is 13.8. The molecule has 6 nitrogen and oxygen atoms in total. The van der Waals surface area contributed by atoms with Gasteiger partial charge in [-0.1, -0.05) is 167 Å². The van der Waals surface area contributed by atoms with E-state index in [1.165, 1.54) is 96.8 Å². The van der Waals surface area contributed by atoms with E-state index in [4.69, 9.17) is 15.0 Å². The van der Waals surface area contributed by atoms with Crippen molar-refractivity contribution in [2.24, 2.45) is 0 Å². The number of hydrogen-bond donors (Lipinski definition) is 0. The molecule has 3 aliphatic heterocycles. The van der Waals surface area contributed by atoms with Gasteiger partial charge >= 0.3 is 0 Å². The fraction of sp³-hybridized carbons (Fsp3) is 0.0952. The first kappa shape index (κ1) is 40.7. The number of benzene rings is 9. The maximum absolute atomic E-state index is 5.76. The van der Waals surface area contributed by atoms with Crippen molar-refractivity contribution in [1.82, 2.24) is 28.7 Å². The molecular formula is C63H48N6Si3. The SMILES string of the molecule is C[Si]1(C)c2ccccc2-c2cc3c4ccccc4n(-c4nc(-n5c6ccccc6c6cc7c(cc65)[Si](C)(C)c5ccccc5-7)nc(-n5c6ccccc6c6cc7c(cc65)[Si](C)(C)c5ccccc5-7)n4)c3cc21. The third kappa shape index (κ3) is 5.05. The molecule has 72 heavy (non-hydrogen) atoms. The second-order valence-electron chi connectivity index (χ2n) is 22.0. The van der Waals surface area contributed by atoms with Gasteiger partial charge in [0.05, 0.1) is 33.1 Å². The van der Waals surface area contributed by atoms with Gasteiger partial charge in [-0.05, 0) is 119 Å². The monoisotopic (exact) mass is 972 g/mol. The summed E-state index contributed by atoms with van der Waals surface area (Å²) < 4.78 is 7.01. The zero-order valence-corrected chi connectivity index (χ0v) is 44.0. The average Bonchev–Trinajstić information content (AvgIpc) is 4.18. The second kappa shape index (κ2) is 13.7. The Labute approximate surface area is 419 Å². The standard InChI is InChI=1S/C63H48N6Si3/c1-70(2)55-28-16-10-22-40(55)46-31-43-37-19-7-13-25-49(37)67(52(43)34-58(46)70)61-64-62(68-50-26-14-8-20-38(50)44-32-47-41-23-11-17-29-56(41)71(3,4)59(47)35-53(44)68)66-63(65-61)69-51-27-15-9-21-39(51)45-33-48-42-24-12-18-30-57(42)72(5,6)60(48)36-54(45)69/h7-36H,1-6H3. The number of para-hydroxylation sites is 3. The molecule has 0 fully saturated rings. The maximum Gasteiger partial charge on any atom is 0.241 e. The molecule has 0 amide bonds. The molecule has 4 aromatic heterocycles. The van der Waals surface area contributed by atoms with E-state index in [-0.39, 0.29) is 0 Å². The number of fused-ring (bicyclic) bond motifs is 18. The summed E-state index contributed by atoms with van der Waals surface area (Å²) >= 11 is 0. The van der Waals surface area contributed by atoms with Crippen molar-refractivity contribution in [1.29, 1.82) is 0 Å². The molecule has 0 N–H and O–H groups in total. The Kier molecular flexibility index (Phi) is 7.76. The van der Waals surface area contributed by atoms with Gasteiger partial charge < -0.3 is 0 Å². The van der Waals surface area contributed by atoms with Crippen LogP contribution in [0.1, 0.15) is 0 Å². The summed E-state index contributed by atoms with van der Waals surface area (Å²) in [5.74, 6) is 1.79. The van der Waals surface area contributed by atoms with E-state index in [9.17, 15) is 0 Å². The summed E-state index contributed by atoms with van der Waals surface area (Å²) in [7, 11) is -6.18. The molecule has 3 aliphatic rings. The molecule has 7 heterocycles. The minimum absolute atomic E-state index is 0.597. The van der Waals surface area contributed by atoms with Gasteiger partial charge in [-0.25, -0.2) is 0 Å². The third-order valence-electron chi connectivity index (χ3n) is 17.3. The lowest BCUT2D eigenvalue weighted by molar-refractivity contribution is 0.848. The van der Waals surface area contributed by atoms with E-state index < -0.39 is 24.2 Å². The molecule has 13 aromatic rings. The largest absolute Gasteiger partial charge is 0.278 e. The lowest BCUT2D eigenvalue weighted by Crippen LogP contribution is -2.49. The van der Waals surface area contributed by atoms with Crippen LogP contribution in [0.5, 0.6) is 0 Å². The van der Waals surface area contributed by atoms with Gasteiger partial charge in [0.25, 0.3) is 0 Å². The maximum atomic E-state index is 5.76. The lowest BCUT2D eigenvalue weighted by atomic mass is 10.0. The zero-order chi connectivity index (χ0) is 48.2. The molecule has 342 valence electrons. The minimum atomic E-state index is -2.06. The van der Waals surface area contributed by atoms with Crippen molar-refractivity contribution in [2.75, 3.05) is 0 Å². The summed E-state index contributed by atoms with van der Waals surface area (Å²) in [6.07, 6.45) is 0. The van der Waals surface area contributed by atoms with Crippen LogP contribution in [0.3, 0.4) is 0 Å². The molecule has 9 heteroatoms. The van der Waals surface area contributed by atoms with Crippen LogP contribution < -0.4 is 31.1 Å². The molecule has 0 bridgehead atoms. The van der Waals surface area contributed by atoms with Gasteiger partial charge in [0.1, 0.15) is 24.2 Å². The van der Waals surface area contributed by atoms with Crippen molar-refractivity contribution in [3.63, 3.8) is 0 Å². The average molecular weight is 973 g/mol. The zero-order valence-electron chi connectivity index (χ0n) is 41.0. The third-order valence-corrected chi connectivity index (χ3v) is 28.0. The Bertz CT molecular complexity index is 4150. The topological polar surface area (TPSA) is 53.5 Å². The highest BCUT2D eigenvalue weighted by Gasteiger charge is 2.41. The van der Waals surface area contributed by atoms with Crippen LogP contribution in [-0.2, 0) is 0 Å². The van der Waals surface area contributed by atoms with Crippen LogP contribution in [0.4, 0.5) is 0 Å². The van der Waals surface area contributed by atoms with Crippen molar-refractivity contribution in [3.05, 3.63) is 182 Å². The van der Waals surface area contributed by atoms with E-state index in [0.29, 0.717) is 17.8 Å². The van der Waals surface area contributed by atoms with Crippen LogP contribution in [0.15, 0.2) is 182 Å². The smallest absolute Gasteiger partial charge is 0.241 e. The van der Waals surface area contributed by atoms with Gasteiger partial charge in [-0.3, -0.25) is 13.7 Å². The molecule has 9 aromatic carbocycles. The molecule has 0 unspecified atom stereocenters. The highest BCUT2D eigenvalue weighted by molar-refractivity contribution is 7.05. The molecule has 0 saturated carbocycles. The molecule has 0 spiro atoms. The first-order valence-electron chi connectivity index (χ1n) is 25.3. The quantitative estimate of drug-likeness (QED) is 0.166. The van der Waals surface area contributed by atoms with Crippen molar-refractivity contribution in [3.8, 4) is 51.2 Å². The summed E-state index contributed by atoms with van der Waals surface area (Å²) in [5, 5.41) is 16.0. The normalized spacial score (nSPS) is 15.4. The highest BCUT2D eigenvalue weighted by Crippen LogP contribution is 2.42. The molecular weight excluding hydrogens is 925 g/mol. The number of aromatic nitrogens is 6. The summed E-state index contributed by atoms with van der Waals surface area (Å²) in [5.41, 5.74) is 14.7. The summed E-state index contributed by atoms with van der Waals surface area (Å²) in [4.78, 5) is 17.3. The van der Waals surface area contributed by atoms with Crippen molar-refractivity contribution in [2.45, 2.75) is 39.3 Å². The molecule has 0 aliphatic carbocycles. The predicted molar refractivity (Wildman–Crippen MR) is 309 cm³/mol. The van der Waals surface area contributed by atoms with E-state index >= 15 is 0 Å². The van der Waals surface area contributed by atoms with Gasteiger partial charge in [0.15, 0.2) is 0 Å². The summed E-state index contributed by atoms with van der Waals surface area (Å²) in [6, 6.07) is 68.5. The fourth-order valence-corrected chi connectivity index (χ4v) is 23.0. The highest BCUT2D eigenvalue weighted by atomic mass is 28.3. The Morgan fingerprint density at radius 1 is 0.250 bits per heavy atom. The number of rotatable bonds is 3.